The minimum atomic E-state index is -0.591. The summed E-state index contributed by atoms with van der Waals surface area (Å²) in [5.41, 5.74) is 4.17. The Morgan fingerprint density at radius 3 is 2.69 bits per heavy atom. The number of nitrogens with zero attached hydrogens (tertiary/aromatic N) is 1. The number of rotatable bonds is 7. The zero-order valence-corrected chi connectivity index (χ0v) is 17.2. The van der Waals surface area contributed by atoms with Gasteiger partial charge in [0.05, 0.1) is 5.92 Å². The summed E-state index contributed by atoms with van der Waals surface area (Å²) in [4.78, 5) is 14.1. The van der Waals surface area contributed by atoms with Crippen molar-refractivity contribution in [3.05, 3.63) is 29.3 Å². The Bertz CT molecular complexity index is 575. The predicted molar refractivity (Wildman–Crippen MR) is 112 cm³/mol. The van der Waals surface area contributed by atoms with Crippen LogP contribution in [0.1, 0.15) is 50.2 Å². The molecule has 1 fully saturated rings. The number of halogens is 2. The van der Waals surface area contributed by atoms with Gasteiger partial charge in [0.25, 0.3) is 0 Å². The van der Waals surface area contributed by atoms with Crippen molar-refractivity contribution in [1.82, 2.24) is 4.90 Å². The summed E-state index contributed by atoms with van der Waals surface area (Å²) in [6.07, 6.45) is 6.11. The zero-order valence-electron chi connectivity index (χ0n) is 15.6. The smallest absolute Gasteiger partial charge is 0.306 e. The molecule has 3 rings (SSSR count). The topological polar surface area (TPSA) is 52.6 Å². The number of fused-ring (bicyclic) bond motifs is 1. The lowest BCUT2D eigenvalue weighted by Gasteiger charge is -2.35. The van der Waals surface area contributed by atoms with E-state index in [1.54, 1.807) is 0 Å². The molecule has 6 heteroatoms. The molecule has 0 bridgehead atoms. The van der Waals surface area contributed by atoms with Gasteiger partial charge in [-0.1, -0.05) is 38.0 Å². The molecule has 148 valence electrons. The van der Waals surface area contributed by atoms with Gasteiger partial charge in [-0.2, -0.15) is 0 Å². The number of anilines is 1. The van der Waals surface area contributed by atoms with Crippen LogP contribution in [0.2, 0.25) is 0 Å². The highest BCUT2D eigenvalue weighted by Gasteiger charge is 2.31. The third kappa shape index (κ3) is 5.51. The molecule has 2 N–H and O–H groups in total. The van der Waals surface area contributed by atoms with Crippen LogP contribution >= 0.6 is 24.8 Å². The number of piperidine rings is 1. The van der Waals surface area contributed by atoms with Gasteiger partial charge in [0, 0.05) is 18.8 Å². The van der Waals surface area contributed by atoms with Gasteiger partial charge < -0.3 is 10.4 Å². The molecule has 1 unspecified atom stereocenters. The van der Waals surface area contributed by atoms with E-state index in [1.165, 1.54) is 16.8 Å². The molecule has 2 aliphatic rings. The maximum Gasteiger partial charge on any atom is 0.306 e. The maximum absolute atomic E-state index is 11.6. The zero-order chi connectivity index (χ0) is 16.9. The fraction of sp³-hybridized carbons (Fsp3) is 0.650. The first-order valence-electron chi connectivity index (χ1n) is 9.48. The van der Waals surface area contributed by atoms with Crippen LogP contribution in [0.3, 0.4) is 0 Å². The van der Waals surface area contributed by atoms with Gasteiger partial charge >= 0.3 is 5.97 Å². The number of nitrogens with one attached hydrogen (secondary N) is 1. The summed E-state index contributed by atoms with van der Waals surface area (Å²) >= 11 is 0. The van der Waals surface area contributed by atoms with E-state index in [4.69, 9.17) is 0 Å². The van der Waals surface area contributed by atoms with E-state index in [9.17, 15) is 9.90 Å². The molecule has 26 heavy (non-hydrogen) atoms. The van der Waals surface area contributed by atoms with E-state index in [0.29, 0.717) is 5.92 Å². The van der Waals surface area contributed by atoms with E-state index in [1.807, 2.05) is 0 Å². The fourth-order valence-electron chi connectivity index (χ4n) is 4.28. The lowest BCUT2D eigenvalue weighted by Crippen LogP contribution is -2.37. The van der Waals surface area contributed by atoms with Crippen LogP contribution in [0.15, 0.2) is 18.2 Å². The lowest BCUT2D eigenvalue weighted by atomic mass is 9.81. The van der Waals surface area contributed by atoms with Gasteiger partial charge in [-0.25, -0.2) is 0 Å². The van der Waals surface area contributed by atoms with Crippen LogP contribution < -0.4 is 5.32 Å². The van der Waals surface area contributed by atoms with E-state index in [-0.39, 0.29) is 30.7 Å². The Hall–Kier alpha value is -0.970. The van der Waals surface area contributed by atoms with E-state index in [0.717, 1.165) is 64.7 Å². The van der Waals surface area contributed by atoms with Gasteiger partial charge in [0.2, 0.25) is 0 Å². The third-order valence-corrected chi connectivity index (χ3v) is 5.71. The Morgan fingerprint density at radius 1 is 1.31 bits per heavy atom. The Labute approximate surface area is 169 Å². The number of benzene rings is 1. The van der Waals surface area contributed by atoms with Gasteiger partial charge in [-0.15, -0.1) is 24.8 Å². The van der Waals surface area contributed by atoms with Gasteiger partial charge in [-0.05, 0) is 55.8 Å². The molecule has 1 atom stereocenters. The molecule has 1 saturated heterocycles. The van der Waals surface area contributed by atoms with Crippen LogP contribution in [0.4, 0.5) is 5.69 Å². The monoisotopic (exact) mass is 402 g/mol. The van der Waals surface area contributed by atoms with Gasteiger partial charge in [0.15, 0.2) is 0 Å². The number of likely N-dealkylation sites (tertiary alicyclic amines) is 1. The SMILES string of the molecule is CCCCC(C(=O)O)C1CCN(Cc2cccc3c2NCC3)CC1.Cl.Cl. The van der Waals surface area contributed by atoms with E-state index in [2.05, 4.69) is 35.3 Å². The van der Waals surface area contributed by atoms with Crippen molar-refractivity contribution < 1.29 is 9.90 Å². The summed E-state index contributed by atoms with van der Waals surface area (Å²) in [7, 11) is 0. The highest BCUT2D eigenvalue weighted by molar-refractivity contribution is 5.85. The maximum atomic E-state index is 11.6. The van der Waals surface area contributed by atoms with Crippen LogP contribution in [-0.2, 0) is 17.8 Å². The molecule has 1 aromatic carbocycles. The second-order valence-electron chi connectivity index (χ2n) is 7.33. The number of aliphatic carboxylic acids is 1. The molecule has 0 spiro atoms. The minimum Gasteiger partial charge on any atom is -0.481 e. The van der Waals surface area contributed by atoms with Crippen LogP contribution in [-0.4, -0.2) is 35.6 Å². The molecule has 4 nitrogen and oxygen atoms in total. The number of carboxylic acid groups (broad SMARTS) is 1. The molecular weight excluding hydrogens is 371 g/mol. The number of hydrogen-bond donors (Lipinski definition) is 2. The standard InChI is InChI=1S/C20H30N2O2.2ClH/c1-2-3-7-18(20(23)24)15-9-12-22(13-10-15)14-17-6-4-5-16-8-11-21-19(16)17;;/h4-6,15,18,21H,2-3,7-14H2,1H3,(H,23,24);2*1H. The molecule has 0 aromatic heterocycles. The van der Waals surface area contributed by atoms with E-state index >= 15 is 0 Å². The van der Waals surface area contributed by atoms with Crippen molar-refractivity contribution in [3.63, 3.8) is 0 Å². The van der Waals surface area contributed by atoms with Crippen molar-refractivity contribution in [1.29, 1.82) is 0 Å². The van der Waals surface area contributed by atoms with Crippen LogP contribution in [0.5, 0.6) is 0 Å². The summed E-state index contributed by atoms with van der Waals surface area (Å²) in [5.74, 6) is -0.383. The number of unbranched alkanes of at least 4 members (excludes halogenated alkanes) is 1. The minimum absolute atomic E-state index is 0. The first kappa shape index (κ1) is 23.1. The Morgan fingerprint density at radius 2 is 2.04 bits per heavy atom. The molecule has 2 heterocycles. The summed E-state index contributed by atoms with van der Waals surface area (Å²) in [5, 5.41) is 13.1. The van der Waals surface area contributed by atoms with Crippen molar-refractivity contribution in [2.45, 2.75) is 52.0 Å². The summed E-state index contributed by atoms with van der Waals surface area (Å²) in [6, 6.07) is 6.61. The highest BCUT2D eigenvalue weighted by atomic mass is 35.5. The first-order chi connectivity index (χ1) is 11.7. The van der Waals surface area contributed by atoms with Gasteiger partial charge in [-0.3, -0.25) is 9.69 Å². The molecule has 2 aliphatic heterocycles. The second kappa shape index (κ2) is 11.0. The molecule has 0 aliphatic carbocycles. The summed E-state index contributed by atoms with van der Waals surface area (Å²) < 4.78 is 0. The predicted octanol–water partition coefficient (Wildman–Crippen LogP) is 4.60. The molecule has 0 radical (unpaired) electrons. The van der Waals surface area contributed by atoms with Gasteiger partial charge in [0.1, 0.15) is 0 Å². The van der Waals surface area contributed by atoms with Crippen molar-refractivity contribution in [2.75, 3.05) is 25.0 Å². The van der Waals surface area contributed by atoms with Crippen molar-refractivity contribution in [2.24, 2.45) is 11.8 Å². The van der Waals surface area contributed by atoms with E-state index < -0.39 is 5.97 Å². The average Bonchev–Trinajstić information content (AvgIpc) is 3.06. The number of carbonyl (C=O) groups is 1. The Kier molecular flexibility index (Phi) is 9.77. The summed E-state index contributed by atoms with van der Waals surface area (Å²) in [6.45, 7) is 6.20. The number of para-hydroxylation sites is 1. The number of hydrogen-bond acceptors (Lipinski definition) is 3. The average molecular weight is 403 g/mol. The molecule has 0 amide bonds. The third-order valence-electron chi connectivity index (χ3n) is 5.71. The largest absolute Gasteiger partial charge is 0.481 e. The van der Waals surface area contributed by atoms with Crippen molar-refractivity contribution >= 4 is 36.5 Å². The highest BCUT2D eigenvalue weighted by Crippen LogP contribution is 2.32. The molecular formula is C20H32Cl2N2O2. The molecule has 0 saturated carbocycles. The Balaban J connectivity index is 0.00000169. The lowest BCUT2D eigenvalue weighted by molar-refractivity contribution is -0.144. The normalized spacial score (nSPS) is 18.2. The van der Waals surface area contributed by atoms with Crippen LogP contribution in [0, 0.1) is 11.8 Å². The quantitative estimate of drug-likeness (QED) is 0.699. The molecule has 1 aromatic rings. The fourth-order valence-corrected chi connectivity index (χ4v) is 4.28. The van der Waals surface area contributed by atoms with Crippen molar-refractivity contribution in [3.8, 4) is 0 Å². The number of carboxylic acids is 1. The first-order valence-corrected chi connectivity index (χ1v) is 9.48. The van der Waals surface area contributed by atoms with Crippen LogP contribution in [0.25, 0.3) is 0 Å². The second-order valence-corrected chi connectivity index (χ2v) is 7.33.